The molecular formula is C14H17BrN2O2. The smallest absolute Gasteiger partial charge is 0.246 e. The van der Waals surface area contributed by atoms with Crippen LogP contribution in [-0.4, -0.2) is 16.0 Å². The summed E-state index contributed by atoms with van der Waals surface area (Å²) in [5.41, 5.74) is 2.78. The molecule has 19 heavy (non-hydrogen) atoms. The number of hydrazine groups is 1. The highest BCUT2D eigenvalue weighted by Gasteiger charge is 2.46. The standard InChI is InChI=1S/C14H17BrN2O2/c1-9(2)13(18)17-14(19,8-10(3)16-17)11-4-6-12(15)7-5-11/h4-7,9,16,19H,3,8H2,1-2H3. The molecule has 1 aliphatic heterocycles. The van der Waals surface area contributed by atoms with E-state index in [-0.39, 0.29) is 18.2 Å². The van der Waals surface area contributed by atoms with Crippen LogP contribution >= 0.6 is 15.9 Å². The maximum atomic E-state index is 12.2. The Bertz CT molecular complexity index is 513. The molecule has 1 amide bonds. The number of amides is 1. The molecule has 2 N–H and O–H groups in total. The Labute approximate surface area is 121 Å². The topological polar surface area (TPSA) is 52.6 Å². The van der Waals surface area contributed by atoms with Gasteiger partial charge in [0.15, 0.2) is 5.72 Å². The lowest BCUT2D eigenvalue weighted by Crippen LogP contribution is -2.51. The molecule has 1 aliphatic rings. The Morgan fingerprint density at radius 1 is 1.47 bits per heavy atom. The first-order chi connectivity index (χ1) is 8.84. The minimum Gasteiger partial charge on any atom is -0.365 e. The summed E-state index contributed by atoms with van der Waals surface area (Å²) in [5, 5.41) is 12.2. The fourth-order valence-electron chi connectivity index (χ4n) is 2.11. The molecule has 0 spiro atoms. The van der Waals surface area contributed by atoms with Crippen LogP contribution in [0.5, 0.6) is 0 Å². The molecule has 1 heterocycles. The van der Waals surface area contributed by atoms with Crippen molar-refractivity contribution in [2.45, 2.75) is 26.0 Å². The maximum absolute atomic E-state index is 12.2. The second-order valence-electron chi connectivity index (χ2n) is 5.04. The van der Waals surface area contributed by atoms with E-state index in [1.54, 1.807) is 26.0 Å². The largest absolute Gasteiger partial charge is 0.365 e. The molecule has 1 aromatic rings. The molecule has 1 aromatic carbocycles. The summed E-state index contributed by atoms with van der Waals surface area (Å²) in [6.45, 7) is 7.41. The van der Waals surface area contributed by atoms with Crippen molar-refractivity contribution in [2.75, 3.05) is 0 Å². The Morgan fingerprint density at radius 2 is 2.05 bits per heavy atom. The van der Waals surface area contributed by atoms with Gasteiger partial charge in [-0.25, -0.2) is 5.01 Å². The van der Waals surface area contributed by atoms with E-state index in [0.29, 0.717) is 11.3 Å². The molecule has 0 aromatic heterocycles. The highest BCUT2D eigenvalue weighted by atomic mass is 79.9. The van der Waals surface area contributed by atoms with E-state index in [2.05, 4.69) is 27.9 Å². The van der Waals surface area contributed by atoms with Crippen molar-refractivity contribution in [3.8, 4) is 0 Å². The van der Waals surface area contributed by atoms with Crippen molar-refractivity contribution in [1.29, 1.82) is 0 Å². The molecule has 2 rings (SSSR count). The average Bonchev–Trinajstić information content (AvgIpc) is 2.65. The lowest BCUT2D eigenvalue weighted by atomic mass is 9.98. The molecule has 0 saturated carbocycles. The van der Waals surface area contributed by atoms with Gasteiger partial charge in [-0.3, -0.25) is 10.2 Å². The molecule has 1 atom stereocenters. The van der Waals surface area contributed by atoms with Gasteiger partial charge in [-0.15, -0.1) is 0 Å². The van der Waals surface area contributed by atoms with Crippen molar-refractivity contribution >= 4 is 21.8 Å². The fraction of sp³-hybridized carbons (Fsp3) is 0.357. The van der Waals surface area contributed by atoms with E-state index < -0.39 is 5.72 Å². The summed E-state index contributed by atoms with van der Waals surface area (Å²) in [6, 6.07) is 7.27. The number of benzene rings is 1. The van der Waals surface area contributed by atoms with Crippen LogP contribution in [0.4, 0.5) is 0 Å². The quantitative estimate of drug-likeness (QED) is 0.878. The van der Waals surface area contributed by atoms with Crippen LogP contribution in [0.3, 0.4) is 0 Å². The summed E-state index contributed by atoms with van der Waals surface area (Å²) < 4.78 is 0.923. The van der Waals surface area contributed by atoms with Crippen molar-refractivity contribution in [3.05, 3.63) is 46.6 Å². The predicted molar refractivity (Wildman–Crippen MR) is 76.6 cm³/mol. The monoisotopic (exact) mass is 324 g/mol. The third-order valence-electron chi connectivity index (χ3n) is 3.12. The number of nitrogens with zero attached hydrogens (tertiary/aromatic N) is 1. The van der Waals surface area contributed by atoms with E-state index in [0.717, 1.165) is 4.47 Å². The van der Waals surface area contributed by atoms with Gasteiger partial charge >= 0.3 is 0 Å². The summed E-state index contributed by atoms with van der Waals surface area (Å²) in [6.07, 6.45) is 0.285. The fourth-order valence-corrected chi connectivity index (χ4v) is 2.37. The van der Waals surface area contributed by atoms with Crippen LogP contribution in [0, 0.1) is 5.92 Å². The second kappa shape index (κ2) is 4.98. The van der Waals surface area contributed by atoms with Crippen molar-refractivity contribution in [3.63, 3.8) is 0 Å². The van der Waals surface area contributed by atoms with E-state index in [4.69, 9.17) is 0 Å². The zero-order valence-corrected chi connectivity index (χ0v) is 12.6. The Kier molecular flexibility index (Phi) is 3.69. The molecule has 1 fully saturated rings. The Balaban J connectivity index is 2.41. The van der Waals surface area contributed by atoms with E-state index in [1.807, 2.05) is 12.1 Å². The molecule has 1 unspecified atom stereocenters. The van der Waals surface area contributed by atoms with Gasteiger partial charge in [-0.1, -0.05) is 48.5 Å². The molecule has 0 radical (unpaired) electrons. The minimum atomic E-state index is -1.38. The lowest BCUT2D eigenvalue weighted by Gasteiger charge is -2.33. The number of carbonyl (C=O) groups excluding carboxylic acids is 1. The van der Waals surface area contributed by atoms with Crippen LogP contribution in [0.25, 0.3) is 0 Å². The van der Waals surface area contributed by atoms with Crippen molar-refractivity contribution < 1.29 is 9.90 Å². The van der Waals surface area contributed by atoms with Crippen LogP contribution in [-0.2, 0) is 10.5 Å². The van der Waals surface area contributed by atoms with E-state index >= 15 is 0 Å². The first kappa shape index (κ1) is 14.1. The minimum absolute atomic E-state index is 0.163. The van der Waals surface area contributed by atoms with Crippen molar-refractivity contribution in [1.82, 2.24) is 10.4 Å². The SMILES string of the molecule is C=C1CC(O)(c2ccc(Br)cc2)N(C(=O)C(C)C)N1. The van der Waals surface area contributed by atoms with E-state index in [1.165, 1.54) is 5.01 Å². The molecule has 4 nitrogen and oxygen atoms in total. The molecular weight excluding hydrogens is 308 g/mol. The van der Waals surface area contributed by atoms with Gasteiger partial charge in [0, 0.05) is 28.1 Å². The number of carbonyl (C=O) groups is 1. The summed E-state index contributed by atoms with van der Waals surface area (Å²) in [5.74, 6) is -0.371. The molecule has 5 heteroatoms. The number of nitrogens with one attached hydrogen (secondary N) is 1. The number of rotatable bonds is 2. The van der Waals surface area contributed by atoms with Gasteiger partial charge in [-0.05, 0) is 12.1 Å². The van der Waals surface area contributed by atoms with Crippen LogP contribution in [0.1, 0.15) is 25.8 Å². The Morgan fingerprint density at radius 3 is 2.58 bits per heavy atom. The molecule has 1 saturated heterocycles. The average molecular weight is 325 g/mol. The van der Waals surface area contributed by atoms with Crippen LogP contribution in [0.2, 0.25) is 0 Å². The first-order valence-corrected chi connectivity index (χ1v) is 6.91. The molecule has 102 valence electrons. The van der Waals surface area contributed by atoms with Gasteiger partial charge in [0.1, 0.15) is 0 Å². The number of hydrogen-bond acceptors (Lipinski definition) is 3. The summed E-state index contributed by atoms with van der Waals surface area (Å²) >= 11 is 3.36. The molecule has 0 bridgehead atoms. The highest BCUT2D eigenvalue weighted by molar-refractivity contribution is 9.10. The second-order valence-corrected chi connectivity index (χ2v) is 5.96. The number of hydrogen-bond donors (Lipinski definition) is 2. The molecule has 0 aliphatic carbocycles. The predicted octanol–water partition coefficient (Wildman–Crippen LogP) is 2.50. The van der Waals surface area contributed by atoms with Crippen LogP contribution < -0.4 is 5.43 Å². The zero-order chi connectivity index (χ0) is 14.2. The van der Waals surface area contributed by atoms with Crippen LogP contribution in [0.15, 0.2) is 41.0 Å². The third-order valence-corrected chi connectivity index (χ3v) is 3.65. The van der Waals surface area contributed by atoms with Gasteiger partial charge in [0.2, 0.25) is 5.91 Å². The highest BCUT2D eigenvalue weighted by Crippen LogP contribution is 2.36. The number of halogens is 1. The van der Waals surface area contributed by atoms with Gasteiger partial charge < -0.3 is 5.11 Å². The normalized spacial score (nSPS) is 22.8. The maximum Gasteiger partial charge on any atom is 0.246 e. The Hall–Kier alpha value is -1.33. The van der Waals surface area contributed by atoms with Crippen molar-refractivity contribution in [2.24, 2.45) is 5.92 Å². The third kappa shape index (κ3) is 2.53. The van der Waals surface area contributed by atoms with E-state index in [9.17, 15) is 9.90 Å². The van der Waals surface area contributed by atoms with Gasteiger partial charge in [-0.2, -0.15) is 0 Å². The van der Waals surface area contributed by atoms with Gasteiger partial charge in [0.05, 0.1) is 0 Å². The summed E-state index contributed by atoms with van der Waals surface area (Å²) in [4.78, 5) is 12.2. The number of aliphatic hydroxyl groups is 1. The summed E-state index contributed by atoms with van der Waals surface area (Å²) in [7, 11) is 0. The zero-order valence-electron chi connectivity index (χ0n) is 11.0. The first-order valence-electron chi connectivity index (χ1n) is 6.11. The van der Waals surface area contributed by atoms with Gasteiger partial charge in [0.25, 0.3) is 0 Å². The lowest BCUT2D eigenvalue weighted by molar-refractivity contribution is -0.164.